The van der Waals surface area contributed by atoms with Crippen LogP contribution in [-0.2, 0) is 14.3 Å². The molecule has 120 valence electrons. The molecule has 1 unspecified atom stereocenters. The molecule has 1 atom stereocenters. The molecule has 0 aromatic heterocycles. The van der Waals surface area contributed by atoms with Crippen molar-refractivity contribution in [2.75, 3.05) is 39.9 Å². The van der Waals surface area contributed by atoms with Gasteiger partial charge < -0.3 is 14.4 Å². The van der Waals surface area contributed by atoms with Crippen molar-refractivity contribution < 1.29 is 19.1 Å². The monoisotopic (exact) mass is 306 g/mol. The zero-order valence-corrected chi connectivity index (χ0v) is 13.0. The van der Waals surface area contributed by atoms with E-state index in [1.54, 1.807) is 11.8 Å². The van der Waals surface area contributed by atoms with Crippen molar-refractivity contribution >= 4 is 12.1 Å². The van der Waals surface area contributed by atoms with Gasteiger partial charge in [0.05, 0.1) is 13.7 Å². The van der Waals surface area contributed by atoms with Crippen LogP contribution in [-0.4, -0.2) is 61.8 Å². The molecule has 1 heterocycles. The largest absolute Gasteiger partial charge is 0.468 e. The third-order valence-electron chi connectivity index (χ3n) is 3.75. The Kier molecular flexibility index (Phi) is 5.77. The Labute approximate surface area is 130 Å². The SMILES string of the molecule is CCOC(=O)N1CCN(C(C(=O)OC)c2ccccc2)CC1. The summed E-state index contributed by atoms with van der Waals surface area (Å²) in [6.07, 6.45) is -0.295. The smallest absolute Gasteiger partial charge is 0.409 e. The van der Waals surface area contributed by atoms with E-state index in [0.29, 0.717) is 32.8 Å². The van der Waals surface area contributed by atoms with Gasteiger partial charge >= 0.3 is 12.1 Å². The van der Waals surface area contributed by atoms with E-state index in [4.69, 9.17) is 9.47 Å². The van der Waals surface area contributed by atoms with Crippen molar-refractivity contribution in [3.8, 4) is 0 Å². The normalized spacial score (nSPS) is 16.9. The van der Waals surface area contributed by atoms with Crippen LogP contribution in [0.15, 0.2) is 30.3 Å². The molecular formula is C16H22N2O4. The molecule has 0 saturated carbocycles. The fourth-order valence-corrected chi connectivity index (χ4v) is 2.62. The van der Waals surface area contributed by atoms with Gasteiger partial charge in [-0.25, -0.2) is 9.59 Å². The molecule has 1 aromatic carbocycles. The maximum absolute atomic E-state index is 12.2. The lowest BCUT2D eigenvalue weighted by molar-refractivity contribution is -0.148. The zero-order valence-electron chi connectivity index (χ0n) is 13.0. The van der Waals surface area contributed by atoms with E-state index in [1.807, 2.05) is 35.2 Å². The minimum absolute atomic E-state index is 0.282. The van der Waals surface area contributed by atoms with Gasteiger partial charge in [-0.05, 0) is 12.5 Å². The van der Waals surface area contributed by atoms with E-state index >= 15 is 0 Å². The van der Waals surface area contributed by atoms with Crippen LogP contribution in [0.2, 0.25) is 0 Å². The fourth-order valence-electron chi connectivity index (χ4n) is 2.62. The Morgan fingerprint density at radius 2 is 1.77 bits per heavy atom. The van der Waals surface area contributed by atoms with Crippen LogP contribution in [0.4, 0.5) is 4.79 Å². The standard InChI is InChI=1S/C16H22N2O4/c1-3-22-16(20)18-11-9-17(10-12-18)14(15(19)21-2)13-7-5-4-6-8-13/h4-8,14H,3,9-12H2,1-2H3. The number of ether oxygens (including phenoxy) is 2. The van der Waals surface area contributed by atoms with Crippen molar-refractivity contribution in [3.05, 3.63) is 35.9 Å². The number of carbonyl (C=O) groups is 2. The maximum Gasteiger partial charge on any atom is 0.409 e. The molecule has 0 radical (unpaired) electrons. The predicted molar refractivity (Wildman–Crippen MR) is 81.4 cm³/mol. The minimum atomic E-state index is -0.435. The van der Waals surface area contributed by atoms with E-state index in [2.05, 4.69) is 0 Å². The molecule has 0 bridgehead atoms. The highest BCUT2D eigenvalue weighted by Gasteiger charge is 2.32. The minimum Gasteiger partial charge on any atom is -0.468 e. The molecule has 2 rings (SSSR count). The summed E-state index contributed by atoms with van der Waals surface area (Å²) in [5.41, 5.74) is 0.902. The van der Waals surface area contributed by atoms with Gasteiger partial charge in [-0.15, -0.1) is 0 Å². The molecule has 1 fully saturated rings. The Morgan fingerprint density at radius 1 is 1.14 bits per heavy atom. The van der Waals surface area contributed by atoms with E-state index in [9.17, 15) is 9.59 Å². The highest BCUT2D eigenvalue weighted by Crippen LogP contribution is 2.23. The first-order valence-corrected chi connectivity index (χ1v) is 7.46. The highest BCUT2D eigenvalue weighted by molar-refractivity contribution is 5.77. The average Bonchev–Trinajstić information content (AvgIpc) is 2.56. The molecule has 6 nitrogen and oxygen atoms in total. The molecule has 1 aliphatic rings. The first kappa shape index (κ1) is 16.3. The third-order valence-corrected chi connectivity index (χ3v) is 3.75. The van der Waals surface area contributed by atoms with Crippen LogP contribution in [0, 0.1) is 0 Å². The van der Waals surface area contributed by atoms with Crippen LogP contribution in [0.25, 0.3) is 0 Å². The Morgan fingerprint density at radius 3 is 2.32 bits per heavy atom. The van der Waals surface area contributed by atoms with Gasteiger partial charge in [0.25, 0.3) is 0 Å². The van der Waals surface area contributed by atoms with E-state index in [1.165, 1.54) is 7.11 Å². The second-order valence-electron chi connectivity index (χ2n) is 5.06. The van der Waals surface area contributed by atoms with Crippen molar-refractivity contribution in [1.29, 1.82) is 0 Å². The van der Waals surface area contributed by atoms with Gasteiger partial charge in [0.15, 0.2) is 0 Å². The lowest BCUT2D eigenvalue weighted by Crippen LogP contribution is -2.51. The van der Waals surface area contributed by atoms with Crippen molar-refractivity contribution in [2.45, 2.75) is 13.0 Å². The summed E-state index contributed by atoms with van der Waals surface area (Å²) in [4.78, 5) is 27.6. The second-order valence-corrected chi connectivity index (χ2v) is 5.06. The molecular weight excluding hydrogens is 284 g/mol. The van der Waals surface area contributed by atoms with Crippen LogP contribution < -0.4 is 0 Å². The fraction of sp³-hybridized carbons (Fsp3) is 0.500. The van der Waals surface area contributed by atoms with Crippen LogP contribution in [0.3, 0.4) is 0 Å². The first-order chi connectivity index (χ1) is 10.7. The Hall–Kier alpha value is -2.08. The Balaban J connectivity index is 2.05. The van der Waals surface area contributed by atoms with Crippen LogP contribution >= 0.6 is 0 Å². The summed E-state index contributed by atoms with van der Waals surface area (Å²) < 4.78 is 9.95. The third kappa shape index (κ3) is 3.76. The van der Waals surface area contributed by atoms with Gasteiger partial charge in [0.1, 0.15) is 6.04 Å². The number of rotatable bonds is 4. The number of amides is 1. The summed E-state index contributed by atoms with van der Waals surface area (Å²) in [6.45, 7) is 4.45. The zero-order chi connectivity index (χ0) is 15.9. The van der Waals surface area contributed by atoms with Crippen LogP contribution in [0.5, 0.6) is 0 Å². The lowest BCUT2D eigenvalue weighted by Gasteiger charge is -2.37. The maximum atomic E-state index is 12.2. The van der Waals surface area contributed by atoms with Crippen molar-refractivity contribution in [3.63, 3.8) is 0 Å². The summed E-state index contributed by atoms with van der Waals surface area (Å²) in [5, 5.41) is 0. The van der Waals surface area contributed by atoms with Crippen molar-refractivity contribution in [1.82, 2.24) is 9.80 Å². The number of piperazine rings is 1. The number of benzene rings is 1. The first-order valence-electron chi connectivity index (χ1n) is 7.46. The highest BCUT2D eigenvalue weighted by atomic mass is 16.6. The number of methoxy groups -OCH3 is 1. The second kappa shape index (κ2) is 7.79. The van der Waals surface area contributed by atoms with E-state index < -0.39 is 6.04 Å². The molecule has 1 saturated heterocycles. The van der Waals surface area contributed by atoms with Gasteiger partial charge in [0.2, 0.25) is 0 Å². The van der Waals surface area contributed by atoms with Gasteiger partial charge in [-0.3, -0.25) is 4.90 Å². The molecule has 1 amide bonds. The Bertz CT molecular complexity index is 498. The summed E-state index contributed by atoms with van der Waals surface area (Å²) in [7, 11) is 1.40. The molecule has 0 aliphatic carbocycles. The molecule has 1 aliphatic heterocycles. The predicted octanol–water partition coefficient (Wildman–Crippen LogP) is 1.67. The number of hydrogen-bond acceptors (Lipinski definition) is 5. The summed E-state index contributed by atoms with van der Waals surface area (Å²) >= 11 is 0. The molecule has 6 heteroatoms. The molecule has 0 N–H and O–H groups in total. The number of nitrogens with zero attached hydrogens (tertiary/aromatic N) is 2. The van der Waals surface area contributed by atoms with E-state index in [0.717, 1.165) is 5.56 Å². The number of hydrogen-bond donors (Lipinski definition) is 0. The summed E-state index contributed by atoms with van der Waals surface area (Å²) in [6, 6.07) is 9.12. The van der Waals surface area contributed by atoms with Gasteiger partial charge in [-0.2, -0.15) is 0 Å². The molecule has 0 spiro atoms. The molecule has 1 aromatic rings. The topological polar surface area (TPSA) is 59.1 Å². The number of esters is 1. The lowest BCUT2D eigenvalue weighted by atomic mass is 10.0. The van der Waals surface area contributed by atoms with Gasteiger partial charge in [0, 0.05) is 26.2 Å². The van der Waals surface area contributed by atoms with Crippen molar-refractivity contribution in [2.24, 2.45) is 0 Å². The molecule has 22 heavy (non-hydrogen) atoms. The van der Waals surface area contributed by atoms with E-state index in [-0.39, 0.29) is 12.1 Å². The van der Waals surface area contributed by atoms with Gasteiger partial charge in [-0.1, -0.05) is 30.3 Å². The average molecular weight is 306 g/mol. The van der Waals surface area contributed by atoms with Crippen LogP contribution in [0.1, 0.15) is 18.5 Å². The summed E-state index contributed by atoms with van der Waals surface area (Å²) in [5.74, 6) is -0.282. The quantitative estimate of drug-likeness (QED) is 0.792. The number of carbonyl (C=O) groups excluding carboxylic acids is 2.